The van der Waals surface area contributed by atoms with E-state index < -0.39 is 16.2 Å². The summed E-state index contributed by atoms with van der Waals surface area (Å²) in [4.78, 5) is 11.3. The Labute approximate surface area is 99.1 Å². The topological polar surface area (TPSA) is 26.3 Å². The number of rotatable bonds is 3. The van der Waals surface area contributed by atoms with Crippen molar-refractivity contribution in [2.45, 2.75) is 11.3 Å². The lowest BCUT2D eigenvalue weighted by Crippen LogP contribution is -2.29. The highest BCUT2D eigenvalue weighted by atomic mass is 35.5. The third kappa shape index (κ3) is 2.64. The second-order valence-corrected chi connectivity index (χ2v) is 4.62. The number of hydrogen-bond donors (Lipinski definition) is 0. The van der Waals surface area contributed by atoms with Crippen LogP contribution in [0.3, 0.4) is 0 Å². The van der Waals surface area contributed by atoms with Crippen molar-refractivity contribution in [1.82, 2.24) is 0 Å². The Kier molecular flexibility index (Phi) is 4.00. The van der Waals surface area contributed by atoms with Crippen molar-refractivity contribution >= 4 is 29.2 Å². The molecule has 2 nitrogen and oxygen atoms in total. The van der Waals surface area contributed by atoms with Crippen LogP contribution in [0.15, 0.2) is 30.3 Å². The summed E-state index contributed by atoms with van der Waals surface area (Å²) in [5, 5.41) is 0. The van der Waals surface area contributed by atoms with Gasteiger partial charge < -0.3 is 4.74 Å². The largest absolute Gasteiger partial charge is 0.469 e. The number of esters is 1. The SMILES string of the molecule is COC(=O)C(C)C(Cl)(Cl)c1ccccc1. The van der Waals surface area contributed by atoms with E-state index in [1.54, 1.807) is 19.1 Å². The molecule has 1 aromatic rings. The predicted octanol–water partition coefficient (Wildman–Crippen LogP) is 3.13. The average Bonchev–Trinajstić information content (AvgIpc) is 2.28. The molecule has 1 aromatic carbocycles. The summed E-state index contributed by atoms with van der Waals surface area (Å²) in [6.07, 6.45) is 0. The maximum Gasteiger partial charge on any atom is 0.311 e. The van der Waals surface area contributed by atoms with Crippen molar-refractivity contribution in [3.63, 3.8) is 0 Å². The fourth-order valence-electron chi connectivity index (χ4n) is 1.24. The zero-order chi connectivity index (χ0) is 11.5. The van der Waals surface area contributed by atoms with Crippen molar-refractivity contribution in [1.29, 1.82) is 0 Å². The Bertz CT molecular complexity index is 336. The van der Waals surface area contributed by atoms with Gasteiger partial charge in [-0.25, -0.2) is 0 Å². The molecule has 4 heteroatoms. The van der Waals surface area contributed by atoms with Crippen molar-refractivity contribution in [2.24, 2.45) is 5.92 Å². The molecule has 0 aromatic heterocycles. The lowest BCUT2D eigenvalue weighted by atomic mass is 10.00. The van der Waals surface area contributed by atoms with Gasteiger partial charge in [-0.15, -0.1) is 0 Å². The first-order valence-corrected chi connectivity index (χ1v) is 5.27. The Morgan fingerprint density at radius 1 is 1.33 bits per heavy atom. The molecule has 0 spiro atoms. The molecular weight excluding hydrogens is 235 g/mol. The van der Waals surface area contributed by atoms with Crippen LogP contribution in [-0.4, -0.2) is 13.1 Å². The smallest absolute Gasteiger partial charge is 0.311 e. The van der Waals surface area contributed by atoms with E-state index in [0.717, 1.165) is 0 Å². The predicted molar refractivity (Wildman–Crippen MR) is 61.0 cm³/mol. The summed E-state index contributed by atoms with van der Waals surface area (Å²) in [5.74, 6) is -1.04. The minimum absolute atomic E-state index is 0.427. The van der Waals surface area contributed by atoms with Crippen LogP contribution >= 0.6 is 23.2 Å². The molecule has 0 aliphatic heterocycles. The van der Waals surface area contributed by atoms with Crippen LogP contribution < -0.4 is 0 Å². The third-order valence-corrected chi connectivity index (χ3v) is 3.35. The van der Waals surface area contributed by atoms with Crippen LogP contribution in [0.5, 0.6) is 0 Å². The monoisotopic (exact) mass is 246 g/mol. The summed E-state index contributed by atoms with van der Waals surface area (Å²) in [5.41, 5.74) is 0.686. The molecule has 15 heavy (non-hydrogen) atoms. The van der Waals surface area contributed by atoms with E-state index in [0.29, 0.717) is 5.56 Å². The number of halogens is 2. The van der Waals surface area contributed by atoms with Gasteiger partial charge in [0.1, 0.15) is 0 Å². The molecular formula is C11H12Cl2O2. The highest BCUT2D eigenvalue weighted by molar-refractivity contribution is 6.49. The standard InChI is InChI=1S/C11H12Cl2O2/c1-8(10(14)15-2)11(12,13)9-6-4-3-5-7-9/h3-8H,1-2H3. The van der Waals surface area contributed by atoms with Gasteiger partial charge in [-0.2, -0.15) is 0 Å². The summed E-state index contributed by atoms with van der Waals surface area (Å²) in [7, 11) is 1.31. The zero-order valence-corrected chi connectivity index (χ0v) is 10.0. The maximum absolute atomic E-state index is 11.3. The highest BCUT2D eigenvalue weighted by Crippen LogP contribution is 2.41. The van der Waals surface area contributed by atoms with Gasteiger partial charge in [0.15, 0.2) is 4.33 Å². The molecule has 0 aliphatic rings. The lowest BCUT2D eigenvalue weighted by molar-refractivity contribution is -0.145. The van der Waals surface area contributed by atoms with Crippen LogP contribution in [0.4, 0.5) is 0 Å². The van der Waals surface area contributed by atoms with Gasteiger partial charge in [0.05, 0.1) is 13.0 Å². The average molecular weight is 247 g/mol. The maximum atomic E-state index is 11.3. The summed E-state index contributed by atoms with van der Waals surface area (Å²) in [6.45, 7) is 1.64. The molecule has 1 rings (SSSR count). The minimum atomic E-state index is -1.26. The van der Waals surface area contributed by atoms with Gasteiger partial charge >= 0.3 is 5.97 Å². The Morgan fingerprint density at radius 2 is 1.87 bits per heavy atom. The Hall–Kier alpha value is -0.730. The molecule has 82 valence electrons. The van der Waals surface area contributed by atoms with Crippen LogP contribution in [0.1, 0.15) is 12.5 Å². The van der Waals surface area contributed by atoms with Gasteiger partial charge in [0, 0.05) is 0 Å². The first-order chi connectivity index (χ1) is 7.00. The molecule has 0 amide bonds. The van der Waals surface area contributed by atoms with E-state index in [1.165, 1.54) is 7.11 Å². The summed E-state index contributed by atoms with van der Waals surface area (Å²) >= 11 is 12.3. The second kappa shape index (κ2) is 4.86. The lowest BCUT2D eigenvalue weighted by Gasteiger charge is -2.25. The number of ether oxygens (including phenoxy) is 1. The van der Waals surface area contributed by atoms with Gasteiger partial charge in [-0.05, 0) is 12.5 Å². The number of benzene rings is 1. The Balaban J connectivity index is 2.97. The van der Waals surface area contributed by atoms with E-state index in [1.807, 2.05) is 18.2 Å². The van der Waals surface area contributed by atoms with E-state index >= 15 is 0 Å². The van der Waals surface area contributed by atoms with Crippen molar-refractivity contribution < 1.29 is 9.53 Å². The van der Waals surface area contributed by atoms with Gasteiger partial charge in [0.25, 0.3) is 0 Å². The zero-order valence-electron chi connectivity index (χ0n) is 8.54. The molecule has 0 N–H and O–H groups in total. The molecule has 0 heterocycles. The minimum Gasteiger partial charge on any atom is -0.469 e. The molecule has 1 atom stereocenters. The molecule has 0 fully saturated rings. The molecule has 1 unspecified atom stereocenters. The fourth-order valence-corrected chi connectivity index (χ4v) is 1.67. The van der Waals surface area contributed by atoms with Crippen molar-refractivity contribution in [3.05, 3.63) is 35.9 Å². The molecule has 0 saturated carbocycles. The number of hydrogen-bond acceptors (Lipinski definition) is 2. The molecule has 0 radical (unpaired) electrons. The van der Waals surface area contributed by atoms with Crippen LogP contribution in [-0.2, 0) is 13.9 Å². The number of alkyl halides is 2. The highest BCUT2D eigenvalue weighted by Gasteiger charge is 2.38. The summed E-state index contributed by atoms with van der Waals surface area (Å²) in [6, 6.07) is 9.05. The first kappa shape index (κ1) is 12.3. The van der Waals surface area contributed by atoms with E-state index in [-0.39, 0.29) is 0 Å². The molecule has 0 bridgehead atoms. The van der Waals surface area contributed by atoms with Crippen LogP contribution in [0, 0.1) is 5.92 Å². The third-order valence-electron chi connectivity index (χ3n) is 2.26. The fraction of sp³-hybridized carbons (Fsp3) is 0.364. The van der Waals surface area contributed by atoms with Crippen molar-refractivity contribution in [2.75, 3.05) is 7.11 Å². The molecule has 0 saturated heterocycles. The quantitative estimate of drug-likeness (QED) is 0.605. The number of carbonyl (C=O) groups excluding carboxylic acids is 1. The second-order valence-electron chi connectivity index (χ2n) is 3.23. The van der Waals surface area contributed by atoms with E-state index in [2.05, 4.69) is 4.74 Å². The number of carbonyl (C=O) groups is 1. The van der Waals surface area contributed by atoms with E-state index in [9.17, 15) is 4.79 Å². The van der Waals surface area contributed by atoms with Gasteiger partial charge in [-0.1, -0.05) is 53.5 Å². The van der Waals surface area contributed by atoms with E-state index in [4.69, 9.17) is 23.2 Å². The van der Waals surface area contributed by atoms with Gasteiger partial charge in [0.2, 0.25) is 0 Å². The first-order valence-electron chi connectivity index (χ1n) is 4.51. The van der Waals surface area contributed by atoms with Crippen molar-refractivity contribution in [3.8, 4) is 0 Å². The van der Waals surface area contributed by atoms with Gasteiger partial charge in [-0.3, -0.25) is 4.79 Å². The Morgan fingerprint density at radius 3 is 2.33 bits per heavy atom. The van der Waals surface area contributed by atoms with Crippen LogP contribution in [0.25, 0.3) is 0 Å². The number of methoxy groups -OCH3 is 1. The summed E-state index contributed by atoms with van der Waals surface area (Å²) < 4.78 is 3.36. The molecule has 0 aliphatic carbocycles. The van der Waals surface area contributed by atoms with Crippen LogP contribution in [0.2, 0.25) is 0 Å². The normalized spacial score (nSPS) is 13.3.